The third kappa shape index (κ3) is 2.52. The first-order chi connectivity index (χ1) is 14.1. The highest BCUT2D eigenvalue weighted by Crippen LogP contribution is 2.29. The molecule has 146 valence electrons. The summed E-state index contributed by atoms with van der Waals surface area (Å²) in [5.41, 5.74) is 4.29. The summed E-state index contributed by atoms with van der Waals surface area (Å²) in [7, 11) is 0. The third-order valence-corrected chi connectivity index (χ3v) is 5.16. The first-order valence-electron chi connectivity index (χ1n) is 9.60. The van der Waals surface area contributed by atoms with Gasteiger partial charge in [-0.15, -0.1) is 0 Å². The number of fused-ring (bicyclic) bond motifs is 4. The summed E-state index contributed by atoms with van der Waals surface area (Å²) in [5.74, 6) is 1.55. The number of imidazole rings is 2. The maximum Gasteiger partial charge on any atom is 0.332 e. The summed E-state index contributed by atoms with van der Waals surface area (Å²) in [6, 6.07) is 7.56. The van der Waals surface area contributed by atoms with Crippen molar-refractivity contribution in [3.8, 4) is 11.4 Å². The topological polar surface area (TPSA) is 90.6 Å². The monoisotopic (exact) mass is 388 g/mol. The van der Waals surface area contributed by atoms with Crippen LogP contribution >= 0.6 is 0 Å². The highest BCUT2D eigenvalue weighted by Gasteiger charge is 2.17. The van der Waals surface area contributed by atoms with Crippen LogP contribution in [-0.2, 0) is 6.54 Å². The molecule has 1 N–H and O–H groups in total. The molecule has 8 nitrogen and oxygen atoms in total. The molecule has 0 aliphatic rings. The molecule has 4 heterocycles. The largest absolute Gasteiger partial charge is 0.491 e. The number of pyridine rings is 2. The fourth-order valence-electron chi connectivity index (χ4n) is 3.96. The summed E-state index contributed by atoms with van der Waals surface area (Å²) < 4.78 is 9.51. The first kappa shape index (κ1) is 17.4. The van der Waals surface area contributed by atoms with E-state index in [4.69, 9.17) is 4.74 Å². The van der Waals surface area contributed by atoms with Crippen LogP contribution in [0.4, 0.5) is 0 Å². The number of hydrogen-bond donors (Lipinski definition) is 1. The van der Waals surface area contributed by atoms with Gasteiger partial charge in [-0.1, -0.05) is 0 Å². The molecule has 0 saturated carbocycles. The number of H-pyrrole nitrogens is 1. The molecule has 0 saturated heterocycles. The minimum atomic E-state index is -0.265. The smallest absolute Gasteiger partial charge is 0.332 e. The van der Waals surface area contributed by atoms with Gasteiger partial charge in [0.25, 0.3) is 0 Å². The van der Waals surface area contributed by atoms with Crippen LogP contribution in [0.25, 0.3) is 38.8 Å². The average molecular weight is 388 g/mol. The van der Waals surface area contributed by atoms with Crippen molar-refractivity contribution in [1.29, 1.82) is 0 Å². The highest BCUT2D eigenvalue weighted by atomic mass is 16.5. The van der Waals surface area contributed by atoms with Crippen LogP contribution < -0.4 is 10.4 Å². The molecule has 0 bridgehead atoms. The lowest BCUT2D eigenvalue weighted by molar-refractivity contribution is 0.343. The molecule has 0 aliphatic carbocycles. The van der Waals surface area contributed by atoms with Gasteiger partial charge in [0.05, 0.1) is 29.5 Å². The number of aromatic amines is 1. The maximum atomic E-state index is 12.8. The van der Waals surface area contributed by atoms with Crippen LogP contribution in [0.3, 0.4) is 0 Å². The van der Waals surface area contributed by atoms with Gasteiger partial charge in [0, 0.05) is 24.2 Å². The van der Waals surface area contributed by atoms with E-state index in [1.807, 2.05) is 32.0 Å². The van der Waals surface area contributed by atoms with Gasteiger partial charge in [0.1, 0.15) is 22.6 Å². The Morgan fingerprint density at radius 2 is 1.97 bits per heavy atom. The van der Waals surface area contributed by atoms with Gasteiger partial charge < -0.3 is 9.30 Å². The number of hydrogen-bond acceptors (Lipinski definition) is 5. The van der Waals surface area contributed by atoms with Crippen molar-refractivity contribution >= 4 is 33.1 Å². The summed E-state index contributed by atoms with van der Waals surface area (Å²) in [5, 5.41) is 0.950. The van der Waals surface area contributed by atoms with Crippen molar-refractivity contribution in [3.63, 3.8) is 0 Å². The van der Waals surface area contributed by atoms with E-state index in [0.29, 0.717) is 23.5 Å². The second kappa shape index (κ2) is 6.44. The van der Waals surface area contributed by atoms with Crippen LogP contribution in [0.1, 0.15) is 19.7 Å². The van der Waals surface area contributed by atoms with Crippen molar-refractivity contribution in [2.75, 3.05) is 6.61 Å². The zero-order valence-corrected chi connectivity index (χ0v) is 16.4. The summed E-state index contributed by atoms with van der Waals surface area (Å²) in [6.07, 6.45) is 3.43. The van der Waals surface area contributed by atoms with Crippen LogP contribution in [0.2, 0.25) is 0 Å². The van der Waals surface area contributed by atoms with Crippen molar-refractivity contribution in [3.05, 3.63) is 53.0 Å². The van der Waals surface area contributed by atoms with Crippen LogP contribution in [-0.4, -0.2) is 35.7 Å². The van der Waals surface area contributed by atoms with E-state index >= 15 is 0 Å². The van der Waals surface area contributed by atoms with E-state index in [2.05, 4.69) is 31.4 Å². The minimum absolute atomic E-state index is 0.265. The van der Waals surface area contributed by atoms with Gasteiger partial charge in [-0.2, -0.15) is 0 Å². The number of ether oxygens (including phenoxy) is 1. The molecule has 0 unspecified atom stereocenters. The number of aryl methyl sites for hydroxylation is 2. The lowest BCUT2D eigenvalue weighted by atomic mass is 10.1. The number of nitrogens with one attached hydrogen (secondary N) is 1. The third-order valence-electron chi connectivity index (χ3n) is 5.16. The predicted molar refractivity (Wildman–Crippen MR) is 112 cm³/mol. The number of rotatable bonds is 4. The fourth-order valence-corrected chi connectivity index (χ4v) is 3.96. The normalized spacial score (nSPS) is 11.7. The Balaban J connectivity index is 1.86. The van der Waals surface area contributed by atoms with Gasteiger partial charge in [-0.25, -0.2) is 14.8 Å². The lowest BCUT2D eigenvalue weighted by Gasteiger charge is -2.10. The summed E-state index contributed by atoms with van der Waals surface area (Å²) in [6.45, 7) is 7.29. The van der Waals surface area contributed by atoms with E-state index < -0.39 is 0 Å². The molecule has 5 aromatic rings. The molecule has 0 spiro atoms. The van der Waals surface area contributed by atoms with E-state index in [0.717, 1.165) is 40.0 Å². The van der Waals surface area contributed by atoms with Crippen molar-refractivity contribution in [2.24, 2.45) is 0 Å². The van der Waals surface area contributed by atoms with Gasteiger partial charge in [0.2, 0.25) is 0 Å². The van der Waals surface area contributed by atoms with E-state index in [9.17, 15) is 4.79 Å². The molecule has 0 radical (unpaired) electrons. The number of nitrogens with zero attached hydrogens (tertiary/aromatic N) is 5. The molecule has 5 rings (SSSR count). The van der Waals surface area contributed by atoms with Gasteiger partial charge in [0.15, 0.2) is 5.65 Å². The molecule has 1 aromatic carbocycles. The van der Waals surface area contributed by atoms with Crippen molar-refractivity contribution < 1.29 is 4.74 Å². The Morgan fingerprint density at radius 3 is 2.76 bits per heavy atom. The van der Waals surface area contributed by atoms with E-state index in [-0.39, 0.29) is 5.69 Å². The summed E-state index contributed by atoms with van der Waals surface area (Å²) >= 11 is 0. The molecule has 0 amide bonds. The Hall–Kier alpha value is -3.68. The SMILES string of the molecule is CCOc1ccnc2[nH]c(=O)n(-c3ccc4ncc5nc(C)n(CC)c5c4c3)c12. The zero-order valence-electron chi connectivity index (χ0n) is 16.4. The predicted octanol–water partition coefficient (Wildman–Crippen LogP) is 3.34. The molecule has 0 atom stereocenters. The molecule has 0 aliphatic heterocycles. The Labute approximate surface area is 165 Å². The molecular weight excluding hydrogens is 368 g/mol. The zero-order chi connectivity index (χ0) is 20.1. The molecule has 4 aromatic heterocycles. The van der Waals surface area contributed by atoms with Crippen molar-refractivity contribution in [2.45, 2.75) is 27.3 Å². The standard InChI is InChI=1S/C21H20N6O2/c1-4-26-12(3)24-16-11-23-15-7-6-13(10-14(15)18(16)26)27-19-17(29-5-2)8-9-22-20(19)25-21(27)28/h6-11H,4-5H2,1-3H3,(H,22,25,28). The minimum Gasteiger partial charge on any atom is -0.491 e. The van der Waals surface area contributed by atoms with Crippen LogP contribution in [0.15, 0.2) is 41.5 Å². The summed E-state index contributed by atoms with van der Waals surface area (Å²) in [4.78, 5) is 29.1. The fraction of sp³-hybridized carbons (Fsp3) is 0.238. The Kier molecular flexibility index (Phi) is 3.87. The maximum absolute atomic E-state index is 12.8. The molecule has 29 heavy (non-hydrogen) atoms. The van der Waals surface area contributed by atoms with E-state index in [1.165, 1.54) is 0 Å². The van der Waals surface area contributed by atoms with E-state index in [1.54, 1.807) is 23.0 Å². The van der Waals surface area contributed by atoms with Gasteiger partial charge in [-0.3, -0.25) is 14.5 Å². The Morgan fingerprint density at radius 1 is 1.10 bits per heavy atom. The quantitative estimate of drug-likeness (QED) is 0.510. The highest BCUT2D eigenvalue weighted by molar-refractivity contribution is 6.03. The molecule has 0 fully saturated rings. The second-order valence-electron chi connectivity index (χ2n) is 6.80. The number of aromatic nitrogens is 6. The van der Waals surface area contributed by atoms with Crippen LogP contribution in [0, 0.1) is 6.92 Å². The van der Waals surface area contributed by atoms with Crippen molar-refractivity contribution in [1.82, 2.24) is 29.1 Å². The molecular formula is C21H20N6O2. The average Bonchev–Trinajstić information content (AvgIpc) is 3.23. The Bertz CT molecular complexity index is 1440. The second-order valence-corrected chi connectivity index (χ2v) is 6.80. The lowest BCUT2D eigenvalue weighted by Crippen LogP contribution is -2.15. The molecule has 8 heteroatoms. The first-order valence-corrected chi connectivity index (χ1v) is 9.60. The van der Waals surface area contributed by atoms with Crippen LogP contribution in [0.5, 0.6) is 5.75 Å². The number of benzene rings is 1. The van der Waals surface area contributed by atoms with Gasteiger partial charge >= 0.3 is 5.69 Å². The van der Waals surface area contributed by atoms with Gasteiger partial charge in [-0.05, 0) is 39.0 Å².